The van der Waals surface area contributed by atoms with Crippen LogP contribution in [-0.2, 0) is 27.8 Å². The lowest BCUT2D eigenvalue weighted by molar-refractivity contribution is -0.141. The first-order chi connectivity index (χ1) is 19.5. The fourth-order valence-corrected chi connectivity index (χ4v) is 7.51. The van der Waals surface area contributed by atoms with Gasteiger partial charge in [-0.1, -0.05) is 94.2 Å². The van der Waals surface area contributed by atoms with Gasteiger partial charge in [0.05, 0.1) is 10.4 Å². The van der Waals surface area contributed by atoms with E-state index in [2.05, 4.69) is 56.5 Å². The van der Waals surface area contributed by atoms with Crippen LogP contribution in [0, 0.1) is 17.2 Å². The summed E-state index contributed by atoms with van der Waals surface area (Å²) in [5.41, 5.74) is 4.76. The number of hydrogen-bond donors (Lipinski definition) is 2. The summed E-state index contributed by atoms with van der Waals surface area (Å²) in [4.78, 5) is 27.8. The van der Waals surface area contributed by atoms with Crippen molar-refractivity contribution in [2.45, 2.75) is 83.6 Å². The van der Waals surface area contributed by atoms with Crippen LogP contribution in [0.15, 0.2) is 66.7 Å². The molecule has 2 aliphatic carbocycles. The molecule has 4 nitrogen and oxygen atoms in total. The number of nitrogens with one attached hydrogen (secondary N) is 2. The maximum Gasteiger partial charge on any atom is 0.247 e. The maximum atomic E-state index is 14.3. The van der Waals surface area contributed by atoms with Crippen LogP contribution in [0.1, 0.15) is 81.5 Å². The highest BCUT2D eigenvalue weighted by molar-refractivity contribution is 6.31. The van der Waals surface area contributed by atoms with Gasteiger partial charge >= 0.3 is 0 Å². The number of carbonyl (C=O) groups is 2. The first-order valence-electron chi connectivity index (χ1n) is 14.8. The molecule has 1 fully saturated rings. The standard InChI is InChI=1S/C35H40ClFN2O2/c1-22(2)24-11-14-27-25(20-24)12-16-31-34(27,3)17-8-18-35(31,4)33(41)39-30(19-23-9-6-5-7-10-23)32(40)38-26-13-15-29(37)28(36)21-26/h5-7,9-11,13-15,20-22,30-31H,8,12,16-19H2,1-4H3,(H,38,40)(H,39,41)/t30-,31-,34-,35-/m1/s1. The van der Waals surface area contributed by atoms with Crippen molar-refractivity contribution < 1.29 is 14.0 Å². The predicted molar refractivity (Wildman–Crippen MR) is 164 cm³/mol. The van der Waals surface area contributed by atoms with Crippen LogP contribution in [0.5, 0.6) is 0 Å². The van der Waals surface area contributed by atoms with Gasteiger partial charge in [0.25, 0.3) is 0 Å². The Morgan fingerprint density at radius 3 is 2.49 bits per heavy atom. The summed E-state index contributed by atoms with van der Waals surface area (Å²) in [6.07, 6.45) is 5.02. The smallest absolute Gasteiger partial charge is 0.247 e. The number of fused-ring (bicyclic) bond motifs is 3. The largest absolute Gasteiger partial charge is 0.343 e. The minimum Gasteiger partial charge on any atom is -0.343 e. The van der Waals surface area contributed by atoms with E-state index in [1.807, 2.05) is 30.3 Å². The van der Waals surface area contributed by atoms with E-state index >= 15 is 0 Å². The van der Waals surface area contributed by atoms with Crippen LogP contribution in [0.25, 0.3) is 0 Å². The summed E-state index contributed by atoms with van der Waals surface area (Å²) in [6, 6.07) is 19.9. The molecule has 2 amide bonds. The Morgan fingerprint density at radius 2 is 1.78 bits per heavy atom. The molecule has 0 spiro atoms. The molecule has 3 aromatic rings. The molecule has 0 heterocycles. The highest BCUT2D eigenvalue weighted by Gasteiger charge is 2.55. The Kier molecular flexibility index (Phi) is 8.29. The zero-order valence-corrected chi connectivity index (χ0v) is 25.2. The van der Waals surface area contributed by atoms with Crippen molar-refractivity contribution in [3.63, 3.8) is 0 Å². The fourth-order valence-electron chi connectivity index (χ4n) is 7.33. The normalized spacial score (nSPS) is 24.2. The minimum absolute atomic E-state index is 0.0708. The number of rotatable bonds is 7. The Balaban J connectivity index is 1.41. The summed E-state index contributed by atoms with van der Waals surface area (Å²) in [5, 5.41) is 5.93. The van der Waals surface area contributed by atoms with Crippen molar-refractivity contribution in [3.8, 4) is 0 Å². The van der Waals surface area contributed by atoms with Crippen LogP contribution in [0.3, 0.4) is 0 Å². The van der Waals surface area contributed by atoms with Crippen molar-refractivity contribution in [3.05, 3.63) is 99.8 Å². The predicted octanol–water partition coefficient (Wildman–Crippen LogP) is 7.98. The number of aryl methyl sites for hydroxylation is 1. The molecule has 3 aromatic carbocycles. The van der Waals surface area contributed by atoms with E-state index in [0.717, 1.165) is 37.7 Å². The Bertz CT molecular complexity index is 1440. The molecule has 6 heteroatoms. The van der Waals surface area contributed by atoms with Crippen LogP contribution in [0.4, 0.5) is 10.1 Å². The third-order valence-electron chi connectivity index (χ3n) is 9.65. The van der Waals surface area contributed by atoms with Gasteiger partial charge in [0, 0.05) is 12.1 Å². The first kappa shape index (κ1) is 29.3. The Hall–Kier alpha value is -3.18. The van der Waals surface area contributed by atoms with E-state index in [0.29, 0.717) is 18.0 Å². The lowest BCUT2D eigenvalue weighted by atomic mass is 9.49. The SMILES string of the molecule is CC(C)c1ccc2c(c1)CC[C@H]1[C@](C)(C(=O)N[C@H](Cc3ccccc3)C(=O)Nc3ccc(F)c(Cl)c3)CCC[C@]21C. The van der Waals surface area contributed by atoms with Gasteiger partial charge in [-0.3, -0.25) is 9.59 Å². The Labute approximate surface area is 248 Å². The van der Waals surface area contributed by atoms with Gasteiger partial charge in [-0.05, 0) is 83.4 Å². The molecule has 0 bridgehead atoms. The van der Waals surface area contributed by atoms with Gasteiger partial charge in [-0.2, -0.15) is 0 Å². The number of hydrogen-bond acceptors (Lipinski definition) is 2. The molecule has 2 aliphatic rings. The van der Waals surface area contributed by atoms with Crippen LogP contribution in [-0.4, -0.2) is 17.9 Å². The maximum absolute atomic E-state index is 14.3. The van der Waals surface area contributed by atoms with Gasteiger partial charge in [0.15, 0.2) is 0 Å². The molecule has 0 radical (unpaired) electrons. The number of amides is 2. The molecule has 1 saturated carbocycles. The van der Waals surface area contributed by atoms with Crippen LogP contribution < -0.4 is 10.6 Å². The highest BCUT2D eigenvalue weighted by Crippen LogP contribution is 2.57. The molecule has 0 saturated heterocycles. The summed E-state index contributed by atoms with van der Waals surface area (Å²) in [6.45, 7) is 8.88. The topological polar surface area (TPSA) is 58.2 Å². The second kappa shape index (κ2) is 11.6. The monoisotopic (exact) mass is 574 g/mol. The number of anilines is 1. The summed E-state index contributed by atoms with van der Waals surface area (Å²) in [7, 11) is 0. The zero-order valence-electron chi connectivity index (χ0n) is 24.4. The average Bonchev–Trinajstić information content (AvgIpc) is 2.94. The van der Waals surface area contributed by atoms with Crippen molar-refractivity contribution >= 4 is 29.1 Å². The van der Waals surface area contributed by atoms with Crippen LogP contribution in [0.2, 0.25) is 5.02 Å². The molecule has 4 atom stereocenters. The van der Waals surface area contributed by atoms with Gasteiger partial charge < -0.3 is 10.6 Å². The molecule has 0 aromatic heterocycles. The molecular weight excluding hydrogens is 535 g/mol. The van der Waals surface area contributed by atoms with Gasteiger partial charge in [-0.25, -0.2) is 4.39 Å². The minimum atomic E-state index is -0.803. The summed E-state index contributed by atoms with van der Waals surface area (Å²) >= 11 is 5.95. The van der Waals surface area contributed by atoms with Crippen molar-refractivity contribution in [1.29, 1.82) is 0 Å². The highest BCUT2D eigenvalue weighted by atomic mass is 35.5. The van der Waals surface area contributed by atoms with E-state index in [4.69, 9.17) is 11.6 Å². The summed E-state index contributed by atoms with van der Waals surface area (Å²) < 4.78 is 13.7. The number of benzene rings is 3. The van der Waals surface area contributed by atoms with E-state index in [9.17, 15) is 14.0 Å². The fraction of sp³-hybridized carbons (Fsp3) is 0.429. The second-order valence-corrected chi connectivity index (χ2v) is 13.1. The van der Waals surface area contributed by atoms with E-state index < -0.39 is 17.3 Å². The number of carbonyl (C=O) groups excluding carboxylic acids is 2. The third kappa shape index (κ3) is 5.79. The molecule has 2 N–H and O–H groups in total. The van der Waals surface area contributed by atoms with Crippen molar-refractivity contribution in [2.24, 2.45) is 11.3 Å². The van der Waals surface area contributed by atoms with Crippen LogP contribution >= 0.6 is 11.6 Å². The van der Waals surface area contributed by atoms with Crippen molar-refractivity contribution in [2.75, 3.05) is 5.32 Å². The first-order valence-corrected chi connectivity index (χ1v) is 15.1. The van der Waals surface area contributed by atoms with E-state index in [1.54, 1.807) is 0 Å². The molecule has 216 valence electrons. The summed E-state index contributed by atoms with van der Waals surface area (Å²) in [5.74, 6) is -0.350. The van der Waals surface area contributed by atoms with E-state index in [1.165, 1.54) is 34.9 Å². The van der Waals surface area contributed by atoms with E-state index in [-0.39, 0.29) is 28.2 Å². The van der Waals surface area contributed by atoms with Gasteiger partial charge in [0.1, 0.15) is 11.9 Å². The van der Waals surface area contributed by atoms with Gasteiger partial charge in [0.2, 0.25) is 11.8 Å². The Morgan fingerprint density at radius 1 is 1.02 bits per heavy atom. The second-order valence-electron chi connectivity index (χ2n) is 12.7. The van der Waals surface area contributed by atoms with Gasteiger partial charge in [-0.15, -0.1) is 0 Å². The molecule has 0 aliphatic heterocycles. The molecular formula is C35H40ClFN2O2. The quantitative estimate of drug-likeness (QED) is 0.300. The lowest BCUT2D eigenvalue weighted by Crippen LogP contribution is -2.58. The molecule has 41 heavy (non-hydrogen) atoms. The number of halogens is 2. The third-order valence-corrected chi connectivity index (χ3v) is 9.94. The van der Waals surface area contributed by atoms with Crippen molar-refractivity contribution in [1.82, 2.24) is 5.32 Å². The molecule has 0 unspecified atom stereocenters. The average molecular weight is 575 g/mol. The lowest BCUT2D eigenvalue weighted by Gasteiger charge is -2.54. The zero-order chi connectivity index (χ0) is 29.4. The molecule has 5 rings (SSSR count).